The highest BCUT2D eigenvalue weighted by molar-refractivity contribution is 9.10. The summed E-state index contributed by atoms with van der Waals surface area (Å²) >= 11 is 16.4. The second-order valence-corrected chi connectivity index (χ2v) is 9.19. The van der Waals surface area contributed by atoms with Crippen molar-refractivity contribution in [2.45, 2.75) is 25.6 Å². The van der Waals surface area contributed by atoms with Crippen LogP contribution < -0.4 is 9.47 Å². The SMILES string of the molecule is CCOc1ccc([C@H]2Oc3c(Cl)cc(Cl)cc3[C@H]3CC(c4ccc(Br)cc4)=NN32)cc1. The summed E-state index contributed by atoms with van der Waals surface area (Å²) in [6, 6.07) is 19.7. The van der Waals surface area contributed by atoms with E-state index in [1.807, 2.05) is 54.4 Å². The minimum absolute atomic E-state index is 0.0184. The lowest BCUT2D eigenvalue weighted by Crippen LogP contribution is -2.33. The van der Waals surface area contributed by atoms with Gasteiger partial charge >= 0.3 is 0 Å². The van der Waals surface area contributed by atoms with Gasteiger partial charge in [0.15, 0.2) is 0 Å². The van der Waals surface area contributed by atoms with Crippen molar-refractivity contribution in [2.24, 2.45) is 5.10 Å². The van der Waals surface area contributed by atoms with Crippen molar-refractivity contribution in [1.82, 2.24) is 5.01 Å². The number of benzene rings is 3. The third-order valence-electron chi connectivity index (χ3n) is 5.46. The summed E-state index contributed by atoms with van der Waals surface area (Å²) in [5, 5.41) is 8.09. The van der Waals surface area contributed by atoms with Gasteiger partial charge in [-0.3, -0.25) is 0 Å². The van der Waals surface area contributed by atoms with E-state index in [4.69, 9.17) is 37.8 Å². The van der Waals surface area contributed by atoms with E-state index in [2.05, 4.69) is 28.1 Å². The molecule has 0 unspecified atom stereocenters. The van der Waals surface area contributed by atoms with Crippen molar-refractivity contribution < 1.29 is 9.47 Å². The van der Waals surface area contributed by atoms with Crippen molar-refractivity contribution in [3.8, 4) is 11.5 Å². The van der Waals surface area contributed by atoms with E-state index in [-0.39, 0.29) is 6.04 Å². The van der Waals surface area contributed by atoms with E-state index < -0.39 is 6.23 Å². The molecule has 2 heterocycles. The van der Waals surface area contributed by atoms with Gasteiger partial charge in [0.25, 0.3) is 0 Å². The fourth-order valence-electron chi connectivity index (χ4n) is 4.05. The lowest BCUT2D eigenvalue weighted by molar-refractivity contribution is -0.0189. The molecule has 2 aliphatic rings. The molecule has 0 spiro atoms. The van der Waals surface area contributed by atoms with E-state index in [0.29, 0.717) is 22.4 Å². The van der Waals surface area contributed by atoms with Crippen LogP contribution in [0.5, 0.6) is 11.5 Å². The zero-order valence-corrected chi connectivity index (χ0v) is 19.8. The highest BCUT2D eigenvalue weighted by Crippen LogP contribution is 2.50. The van der Waals surface area contributed by atoms with Gasteiger partial charge in [0, 0.05) is 27.0 Å². The van der Waals surface area contributed by atoms with Gasteiger partial charge in [-0.15, -0.1) is 0 Å². The Morgan fingerprint density at radius 2 is 1.84 bits per heavy atom. The predicted octanol–water partition coefficient (Wildman–Crippen LogP) is 7.40. The Bertz CT molecular complexity index is 1150. The van der Waals surface area contributed by atoms with Gasteiger partial charge in [-0.05, 0) is 61.0 Å². The standard InChI is InChI=1S/C24H19BrCl2N2O2/c1-2-30-18-9-5-15(6-10-18)24-29-22(19-11-17(26)12-20(27)23(19)31-24)13-21(28-29)14-3-7-16(25)8-4-14/h3-12,22,24H,2,13H2,1H3/t22-,24-/m1/s1. The third-order valence-corrected chi connectivity index (χ3v) is 6.49. The van der Waals surface area contributed by atoms with Crippen molar-refractivity contribution in [1.29, 1.82) is 0 Å². The summed E-state index contributed by atoms with van der Waals surface area (Å²) in [5.41, 5.74) is 4.01. The molecule has 4 nitrogen and oxygen atoms in total. The van der Waals surface area contributed by atoms with Gasteiger partial charge < -0.3 is 9.47 Å². The monoisotopic (exact) mass is 516 g/mol. The Balaban J connectivity index is 1.58. The summed E-state index contributed by atoms with van der Waals surface area (Å²) in [5.74, 6) is 1.49. The molecular formula is C24H19BrCl2N2O2. The average Bonchev–Trinajstić information content (AvgIpc) is 3.20. The predicted molar refractivity (Wildman–Crippen MR) is 127 cm³/mol. The topological polar surface area (TPSA) is 34.1 Å². The maximum absolute atomic E-state index is 6.54. The summed E-state index contributed by atoms with van der Waals surface area (Å²) < 4.78 is 13.0. The second-order valence-electron chi connectivity index (χ2n) is 7.43. The van der Waals surface area contributed by atoms with Gasteiger partial charge in [0.1, 0.15) is 11.5 Å². The van der Waals surface area contributed by atoms with Crippen molar-refractivity contribution >= 4 is 44.8 Å². The lowest BCUT2D eigenvalue weighted by Gasteiger charge is -2.38. The number of fused-ring (bicyclic) bond motifs is 3. The van der Waals surface area contributed by atoms with Crippen LogP contribution in [0, 0.1) is 0 Å². The molecule has 2 aliphatic heterocycles. The number of hydrazone groups is 1. The minimum Gasteiger partial charge on any atom is -0.494 e. The maximum Gasteiger partial charge on any atom is 0.213 e. The smallest absolute Gasteiger partial charge is 0.213 e. The van der Waals surface area contributed by atoms with Gasteiger partial charge in [0.2, 0.25) is 6.23 Å². The molecule has 0 N–H and O–H groups in total. The summed E-state index contributed by atoms with van der Waals surface area (Å²) in [4.78, 5) is 0. The Hall–Kier alpha value is -2.21. The zero-order valence-electron chi connectivity index (χ0n) is 16.7. The van der Waals surface area contributed by atoms with Crippen LogP contribution in [0.25, 0.3) is 0 Å². The lowest BCUT2D eigenvalue weighted by atomic mass is 9.96. The molecule has 0 fully saturated rings. The van der Waals surface area contributed by atoms with Crippen LogP contribution in [0.2, 0.25) is 10.0 Å². The molecule has 7 heteroatoms. The van der Waals surface area contributed by atoms with E-state index in [1.165, 1.54) is 0 Å². The number of hydrogen-bond acceptors (Lipinski definition) is 4. The van der Waals surface area contributed by atoms with Gasteiger partial charge in [-0.2, -0.15) is 5.10 Å². The molecule has 0 aliphatic carbocycles. The Labute approximate surface area is 199 Å². The largest absolute Gasteiger partial charge is 0.494 e. The number of nitrogens with zero attached hydrogens (tertiary/aromatic N) is 2. The molecule has 0 radical (unpaired) electrons. The molecule has 0 aromatic heterocycles. The van der Waals surface area contributed by atoms with Gasteiger partial charge in [-0.25, -0.2) is 5.01 Å². The quantitative estimate of drug-likeness (QED) is 0.361. The third kappa shape index (κ3) is 3.91. The molecule has 3 aromatic rings. The fourth-order valence-corrected chi connectivity index (χ4v) is 4.86. The van der Waals surface area contributed by atoms with Crippen LogP contribution in [-0.2, 0) is 0 Å². The minimum atomic E-state index is -0.403. The molecular weight excluding hydrogens is 499 g/mol. The molecule has 2 atom stereocenters. The number of hydrogen-bond donors (Lipinski definition) is 0. The van der Waals surface area contributed by atoms with Crippen LogP contribution in [0.1, 0.15) is 42.3 Å². The number of halogens is 3. The van der Waals surface area contributed by atoms with E-state index in [1.54, 1.807) is 6.07 Å². The summed E-state index contributed by atoms with van der Waals surface area (Å²) in [6.45, 7) is 2.59. The molecule has 158 valence electrons. The second kappa shape index (κ2) is 8.38. The Morgan fingerprint density at radius 3 is 2.55 bits per heavy atom. The summed E-state index contributed by atoms with van der Waals surface area (Å²) in [7, 11) is 0. The van der Waals surface area contributed by atoms with Crippen LogP contribution in [0.3, 0.4) is 0 Å². The molecule has 0 bridgehead atoms. The van der Waals surface area contributed by atoms with Crippen LogP contribution in [0.4, 0.5) is 0 Å². The Kier molecular flexibility index (Phi) is 5.59. The first-order chi connectivity index (χ1) is 15.0. The van der Waals surface area contributed by atoms with Gasteiger partial charge in [-0.1, -0.05) is 51.3 Å². The molecule has 0 saturated carbocycles. The molecule has 5 rings (SSSR count). The first kappa shape index (κ1) is 20.7. The fraction of sp³-hybridized carbons (Fsp3) is 0.208. The first-order valence-corrected chi connectivity index (χ1v) is 11.6. The van der Waals surface area contributed by atoms with E-state index in [9.17, 15) is 0 Å². The van der Waals surface area contributed by atoms with Crippen molar-refractivity contribution in [2.75, 3.05) is 6.61 Å². The van der Waals surface area contributed by atoms with Crippen molar-refractivity contribution in [3.63, 3.8) is 0 Å². The molecule has 0 amide bonds. The van der Waals surface area contributed by atoms with E-state index in [0.717, 1.165) is 39.0 Å². The number of rotatable bonds is 4. The molecule has 31 heavy (non-hydrogen) atoms. The van der Waals surface area contributed by atoms with Crippen LogP contribution in [0.15, 0.2) is 70.2 Å². The summed E-state index contributed by atoms with van der Waals surface area (Å²) in [6.07, 6.45) is 0.335. The van der Waals surface area contributed by atoms with Crippen LogP contribution in [-0.4, -0.2) is 17.3 Å². The highest BCUT2D eigenvalue weighted by Gasteiger charge is 2.42. The van der Waals surface area contributed by atoms with Gasteiger partial charge in [0.05, 0.1) is 23.4 Å². The van der Waals surface area contributed by atoms with Crippen molar-refractivity contribution in [3.05, 3.63) is 91.9 Å². The van der Waals surface area contributed by atoms with Crippen LogP contribution >= 0.6 is 39.1 Å². The normalized spacial score (nSPS) is 19.4. The average molecular weight is 518 g/mol. The molecule has 0 saturated heterocycles. The zero-order chi connectivity index (χ0) is 21.5. The first-order valence-electron chi connectivity index (χ1n) is 10.0. The number of ether oxygens (including phenoxy) is 2. The van der Waals surface area contributed by atoms with E-state index >= 15 is 0 Å². The maximum atomic E-state index is 6.54. The highest BCUT2D eigenvalue weighted by atomic mass is 79.9. The molecule has 3 aromatic carbocycles. The Morgan fingerprint density at radius 1 is 1.10 bits per heavy atom.